The Kier molecular flexibility index (Phi) is 10.2. The minimum atomic E-state index is -3.00. The third kappa shape index (κ3) is 6.57. The minimum absolute atomic E-state index is 0.00225. The van der Waals surface area contributed by atoms with Crippen molar-refractivity contribution in [3.8, 4) is 0 Å². The van der Waals surface area contributed by atoms with E-state index in [0.29, 0.717) is 13.0 Å². The second-order valence-electron chi connectivity index (χ2n) is 14.3. The topological polar surface area (TPSA) is 65.0 Å². The van der Waals surface area contributed by atoms with Gasteiger partial charge in [-0.1, -0.05) is 163 Å². The first-order valence-electron chi connectivity index (χ1n) is 16.3. The average molecular weight is 653 g/mol. The number of esters is 1. The average Bonchev–Trinajstić information content (AvgIpc) is 3.04. The molecule has 1 heterocycles. The van der Waals surface area contributed by atoms with Crippen molar-refractivity contribution < 1.29 is 23.5 Å². The van der Waals surface area contributed by atoms with Crippen LogP contribution in [0.4, 0.5) is 0 Å². The van der Waals surface area contributed by atoms with Gasteiger partial charge in [0.05, 0.1) is 12.5 Å². The second-order valence-corrected chi connectivity index (χ2v) is 22.9. The number of ether oxygens (including phenoxy) is 1. The summed E-state index contributed by atoms with van der Waals surface area (Å²) >= 11 is 0. The van der Waals surface area contributed by atoms with E-state index >= 15 is 0 Å². The number of carbonyl (C=O) groups is 1. The van der Waals surface area contributed by atoms with E-state index in [0.717, 1.165) is 10.4 Å². The Morgan fingerprint density at radius 3 is 1.39 bits per heavy atom. The number of hydrogen-bond donors (Lipinski definition) is 1. The van der Waals surface area contributed by atoms with Gasteiger partial charge in [0.15, 0.2) is 0 Å². The molecule has 0 radical (unpaired) electrons. The third-order valence-corrected chi connectivity index (χ3v) is 19.4. The van der Waals surface area contributed by atoms with Crippen molar-refractivity contribution >= 4 is 43.4 Å². The van der Waals surface area contributed by atoms with Gasteiger partial charge in [-0.05, 0) is 30.8 Å². The predicted octanol–water partition coefficient (Wildman–Crippen LogP) is 5.57. The quantitative estimate of drug-likeness (QED) is 0.179. The largest absolute Gasteiger partial charge is 0.459 e. The number of cyclic esters (lactones) is 1. The fraction of sp³-hybridized carbons (Fsp3) is 0.359. The van der Waals surface area contributed by atoms with Gasteiger partial charge in [0.1, 0.15) is 12.2 Å². The molecule has 1 N–H and O–H groups in total. The number of aliphatic hydroxyl groups excluding tert-OH is 1. The molecule has 5 nitrogen and oxygen atoms in total. The molecule has 5 rings (SSSR count). The molecule has 0 spiro atoms. The highest BCUT2D eigenvalue weighted by molar-refractivity contribution is 7.00. The lowest BCUT2D eigenvalue weighted by Gasteiger charge is -2.47. The molecule has 1 aliphatic heterocycles. The van der Waals surface area contributed by atoms with Crippen LogP contribution in [0.1, 0.15) is 54.4 Å². The zero-order valence-corrected chi connectivity index (χ0v) is 30.0. The van der Waals surface area contributed by atoms with E-state index in [1.54, 1.807) is 0 Å². The first kappa shape index (κ1) is 34.0. The van der Waals surface area contributed by atoms with E-state index in [1.807, 2.05) is 48.5 Å². The molecular weight excluding hydrogens is 605 g/mol. The van der Waals surface area contributed by atoms with Crippen molar-refractivity contribution in [3.05, 3.63) is 121 Å². The van der Waals surface area contributed by atoms with Crippen LogP contribution >= 0.6 is 0 Å². The summed E-state index contributed by atoms with van der Waals surface area (Å²) in [6.07, 6.45) is -2.11. The van der Waals surface area contributed by atoms with Gasteiger partial charge >= 0.3 is 5.97 Å². The van der Waals surface area contributed by atoms with Crippen molar-refractivity contribution in [2.24, 2.45) is 0 Å². The minimum Gasteiger partial charge on any atom is -0.459 e. The third-order valence-electron chi connectivity index (χ3n) is 9.30. The molecule has 0 saturated carbocycles. The van der Waals surface area contributed by atoms with Gasteiger partial charge in [0.2, 0.25) is 0 Å². The van der Waals surface area contributed by atoms with Gasteiger partial charge in [0, 0.05) is 13.0 Å². The molecule has 1 saturated heterocycles. The summed E-state index contributed by atoms with van der Waals surface area (Å²) < 4.78 is 20.1. The highest BCUT2D eigenvalue weighted by atomic mass is 28.4. The second kappa shape index (κ2) is 13.8. The zero-order chi connectivity index (χ0) is 33.0. The van der Waals surface area contributed by atoms with Crippen LogP contribution in [0.25, 0.3) is 0 Å². The van der Waals surface area contributed by atoms with E-state index in [-0.39, 0.29) is 22.5 Å². The maximum Gasteiger partial charge on any atom is 0.308 e. The van der Waals surface area contributed by atoms with Crippen LogP contribution in [0, 0.1) is 0 Å². The predicted molar refractivity (Wildman–Crippen MR) is 191 cm³/mol. The lowest BCUT2D eigenvalue weighted by Crippen LogP contribution is -2.69. The van der Waals surface area contributed by atoms with Gasteiger partial charge in [-0.25, -0.2) is 0 Å². The molecular formula is C39H48O5Si2. The molecule has 0 amide bonds. The van der Waals surface area contributed by atoms with Crippen molar-refractivity contribution in [2.75, 3.05) is 6.61 Å². The lowest BCUT2D eigenvalue weighted by atomic mass is 10.00. The van der Waals surface area contributed by atoms with E-state index < -0.39 is 34.9 Å². The molecule has 0 aliphatic carbocycles. The highest BCUT2D eigenvalue weighted by Crippen LogP contribution is 2.40. The van der Waals surface area contributed by atoms with Crippen LogP contribution in [0.15, 0.2) is 121 Å². The van der Waals surface area contributed by atoms with Crippen molar-refractivity contribution in [1.29, 1.82) is 0 Å². The summed E-state index contributed by atoms with van der Waals surface area (Å²) in [5.41, 5.74) is 0. The van der Waals surface area contributed by atoms with Gasteiger partial charge in [-0.2, -0.15) is 0 Å². The number of aliphatic hydroxyl groups is 1. The molecule has 7 heteroatoms. The molecule has 1 aliphatic rings. The Morgan fingerprint density at radius 2 is 1.02 bits per heavy atom. The van der Waals surface area contributed by atoms with Crippen LogP contribution in [0.3, 0.4) is 0 Å². The highest BCUT2D eigenvalue weighted by Gasteiger charge is 2.54. The summed E-state index contributed by atoms with van der Waals surface area (Å²) in [5, 5.41) is 16.0. The SMILES string of the molecule is CC(C)(C)[Si](OCC[C@@H]1OC(=O)C[C@@H](O[Si](c2ccccc2)(c2ccccc2)C(C)(C)C)[C@H]1O)(c1ccccc1)c1ccccc1. The fourth-order valence-corrected chi connectivity index (χ4v) is 16.4. The van der Waals surface area contributed by atoms with Gasteiger partial charge in [-0.15, -0.1) is 0 Å². The maximum absolute atomic E-state index is 13.2. The molecule has 242 valence electrons. The van der Waals surface area contributed by atoms with Crippen LogP contribution in [-0.2, 0) is 18.4 Å². The number of benzene rings is 4. The van der Waals surface area contributed by atoms with Gasteiger partial charge in [-0.3, -0.25) is 4.79 Å². The Morgan fingerprint density at radius 1 is 0.652 bits per heavy atom. The first-order valence-corrected chi connectivity index (χ1v) is 20.1. The Hall–Kier alpha value is -3.34. The number of hydrogen-bond acceptors (Lipinski definition) is 5. The number of rotatable bonds is 10. The maximum atomic E-state index is 13.2. The summed E-state index contributed by atoms with van der Waals surface area (Å²) in [5.74, 6) is -0.358. The van der Waals surface area contributed by atoms with Gasteiger partial charge < -0.3 is 18.7 Å². The normalized spacial score (nSPS) is 19.5. The van der Waals surface area contributed by atoms with E-state index in [1.165, 1.54) is 10.4 Å². The molecule has 4 aromatic rings. The smallest absolute Gasteiger partial charge is 0.308 e. The molecule has 4 aromatic carbocycles. The zero-order valence-electron chi connectivity index (χ0n) is 28.0. The van der Waals surface area contributed by atoms with E-state index in [9.17, 15) is 9.90 Å². The monoisotopic (exact) mass is 652 g/mol. The van der Waals surface area contributed by atoms with Crippen LogP contribution < -0.4 is 20.7 Å². The molecule has 3 atom stereocenters. The van der Waals surface area contributed by atoms with E-state index in [2.05, 4.69) is 114 Å². The molecule has 0 aromatic heterocycles. The molecule has 0 bridgehead atoms. The summed E-state index contributed by atoms with van der Waals surface area (Å²) in [7, 11) is -5.79. The summed E-state index contributed by atoms with van der Waals surface area (Å²) in [6.45, 7) is 13.6. The summed E-state index contributed by atoms with van der Waals surface area (Å²) in [4.78, 5) is 13.2. The molecule has 1 fully saturated rings. The fourth-order valence-electron chi connectivity index (χ4n) is 7.16. The lowest BCUT2D eigenvalue weighted by molar-refractivity contribution is -0.177. The van der Waals surface area contributed by atoms with Crippen molar-refractivity contribution in [2.45, 2.75) is 82.8 Å². The molecule has 0 unspecified atom stereocenters. The van der Waals surface area contributed by atoms with E-state index in [4.69, 9.17) is 13.6 Å². The van der Waals surface area contributed by atoms with Crippen molar-refractivity contribution in [1.82, 2.24) is 0 Å². The standard InChI is InChI=1S/C39H48O5Si2/c1-38(2,3)45(30-19-11-7-12-20-30,31-21-13-8-14-22-31)42-28-27-34-37(41)35(29-36(40)43-34)44-46(39(4,5)6,32-23-15-9-16-24-32)33-25-17-10-18-26-33/h7-26,34-35,37,41H,27-29H2,1-6H3/t34-,35+,37-/m0/s1. The Balaban J connectivity index is 1.45. The number of carbonyl (C=O) groups excluding carboxylic acids is 1. The van der Waals surface area contributed by atoms with Gasteiger partial charge in [0.25, 0.3) is 16.6 Å². The Bertz CT molecular complexity index is 1470. The molecule has 46 heavy (non-hydrogen) atoms. The van der Waals surface area contributed by atoms with Crippen LogP contribution in [-0.4, -0.2) is 52.6 Å². The van der Waals surface area contributed by atoms with Crippen molar-refractivity contribution in [3.63, 3.8) is 0 Å². The van der Waals surface area contributed by atoms with Crippen LogP contribution in [0.2, 0.25) is 10.1 Å². The van der Waals surface area contributed by atoms with Crippen LogP contribution in [0.5, 0.6) is 0 Å². The summed E-state index contributed by atoms with van der Waals surface area (Å²) in [6, 6.07) is 41.6. The first-order chi connectivity index (χ1) is 21.9. The Labute approximate surface area is 276 Å².